The van der Waals surface area contributed by atoms with Crippen molar-refractivity contribution in [3.63, 3.8) is 0 Å². The van der Waals surface area contributed by atoms with Crippen LogP contribution in [-0.4, -0.2) is 36.6 Å². The highest BCUT2D eigenvalue weighted by molar-refractivity contribution is 5.92. The van der Waals surface area contributed by atoms with Crippen molar-refractivity contribution in [1.29, 1.82) is 0 Å². The van der Waals surface area contributed by atoms with Gasteiger partial charge in [0.1, 0.15) is 11.1 Å². The molecule has 0 fully saturated rings. The first-order valence-corrected chi connectivity index (χ1v) is 7.44. The van der Waals surface area contributed by atoms with Gasteiger partial charge < -0.3 is 33.9 Å². The van der Waals surface area contributed by atoms with Crippen LogP contribution in [0, 0.1) is 0 Å². The smallest absolute Gasteiger partial charge is 0.203 e. The number of rotatable bonds is 4. The van der Waals surface area contributed by atoms with Gasteiger partial charge in [-0.2, -0.15) is 0 Å². The molecule has 0 bridgehead atoms. The van der Waals surface area contributed by atoms with Gasteiger partial charge in [0.2, 0.25) is 5.75 Å². The second-order valence-electron chi connectivity index (χ2n) is 5.33. The van der Waals surface area contributed by atoms with E-state index in [2.05, 4.69) is 0 Å². The number of hydrogen-bond acceptors (Lipinski definition) is 8. The van der Waals surface area contributed by atoms with Gasteiger partial charge >= 0.3 is 0 Å². The van der Waals surface area contributed by atoms with Crippen molar-refractivity contribution in [3.05, 3.63) is 34.5 Å². The molecule has 0 amide bonds. The summed E-state index contributed by atoms with van der Waals surface area (Å²) in [6.07, 6.45) is 0. The van der Waals surface area contributed by atoms with E-state index in [-0.39, 0.29) is 45.5 Å². The van der Waals surface area contributed by atoms with Crippen molar-refractivity contribution in [2.24, 2.45) is 0 Å². The second-order valence-corrected chi connectivity index (χ2v) is 5.33. The number of hydrogen-bond donors (Lipinski definition) is 3. The summed E-state index contributed by atoms with van der Waals surface area (Å²) in [5, 5.41) is 29.7. The maximum Gasteiger partial charge on any atom is 0.203 e. The van der Waals surface area contributed by atoms with Crippen LogP contribution in [0.3, 0.4) is 0 Å². The fourth-order valence-corrected chi connectivity index (χ4v) is 2.76. The van der Waals surface area contributed by atoms with E-state index in [0.29, 0.717) is 5.56 Å². The van der Waals surface area contributed by atoms with E-state index in [0.717, 1.165) is 12.1 Å². The lowest BCUT2D eigenvalue weighted by Crippen LogP contribution is -2.04. The van der Waals surface area contributed by atoms with Gasteiger partial charge in [-0.25, -0.2) is 0 Å². The maximum absolute atomic E-state index is 12.6. The summed E-state index contributed by atoms with van der Waals surface area (Å²) in [4.78, 5) is 12.6. The molecule has 8 heteroatoms. The Kier molecular flexibility index (Phi) is 4.25. The van der Waals surface area contributed by atoms with Gasteiger partial charge in [-0.05, 0) is 12.1 Å². The van der Waals surface area contributed by atoms with E-state index in [1.165, 1.54) is 33.5 Å². The molecule has 0 saturated carbocycles. The molecule has 0 aliphatic heterocycles. The van der Waals surface area contributed by atoms with Crippen LogP contribution >= 0.6 is 0 Å². The van der Waals surface area contributed by atoms with Crippen LogP contribution in [0.4, 0.5) is 0 Å². The Labute approximate surface area is 147 Å². The molecule has 0 unspecified atom stereocenters. The number of benzene rings is 2. The molecule has 0 spiro atoms. The molecule has 0 aliphatic rings. The van der Waals surface area contributed by atoms with Gasteiger partial charge in [0.25, 0.3) is 0 Å². The molecule has 0 saturated heterocycles. The molecule has 2 aromatic carbocycles. The summed E-state index contributed by atoms with van der Waals surface area (Å²) in [6.45, 7) is 0. The maximum atomic E-state index is 12.6. The van der Waals surface area contributed by atoms with Gasteiger partial charge in [0, 0.05) is 12.1 Å². The van der Waals surface area contributed by atoms with E-state index in [4.69, 9.17) is 18.6 Å². The predicted molar refractivity (Wildman–Crippen MR) is 92.6 cm³/mol. The molecule has 3 rings (SSSR count). The third-order valence-corrected chi connectivity index (χ3v) is 3.88. The molecule has 8 nitrogen and oxygen atoms in total. The lowest BCUT2D eigenvalue weighted by Gasteiger charge is -2.14. The lowest BCUT2D eigenvalue weighted by atomic mass is 10.1. The van der Waals surface area contributed by atoms with Crippen molar-refractivity contribution < 1.29 is 33.9 Å². The van der Waals surface area contributed by atoms with E-state index in [1.807, 2.05) is 0 Å². The van der Waals surface area contributed by atoms with Crippen molar-refractivity contribution in [1.82, 2.24) is 0 Å². The second kappa shape index (κ2) is 6.40. The van der Waals surface area contributed by atoms with Crippen LogP contribution < -0.4 is 19.6 Å². The van der Waals surface area contributed by atoms with Crippen LogP contribution in [0.15, 0.2) is 33.5 Å². The zero-order valence-electron chi connectivity index (χ0n) is 14.2. The minimum Gasteiger partial charge on any atom is -0.504 e. The SMILES string of the molecule is COc1c(O)ccc(-c2cc(=O)c3c(OC)c(O)cc(O)c3o2)c1OC. The van der Waals surface area contributed by atoms with E-state index in [9.17, 15) is 20.1 Å². The highest BCUT2D eigenvalue weighted by Crippen LogP contribution is 2.45. The highest BCUT2D eigenvalue weighted by Gasteiger charge is 2.22. The minimum atomic E-state index is -0.543. The monoisotopic (exact) mass is 360 g/mol. The Bertz CT molecular complexity index is 1050. The quantitative estimate of drug-likeness (QED) is 0.650. The lowest BCUT2D eigenvalue weighted by molar-refractivity contribution is 0.333. The fraction of sp³-hybridized carbons (Fsp3) is 0.167. The Hall–Kier alpha value is -3.55. The van der Waals surface area contributed by atoms with Crippen LogP contribution in [0.5, 0.6) is 34.5 Å². The number of aromatic hydroxyl groups is 3. The van der Waals surface area contributed by atoms with Crippen molar-refractivity contribution in [2.75, 3.05) is 21.3 Å². The van der Waals surface area contributed by atoms with Crippen molar-refractivity contribution in [3.8, 4) is 45.8 Å². The number of fused-ring (bicyclic) bond motifs is 1. The molecular weight excluding hydrogens is 344 g/mol. The average molecular weight is 360 g/mol. The average Bonchev–Trinajstić information content (AvgIpc) is 2.62. The van der Waals surface area contributed by atoms with Crippen molar-refractivity contribution in [2.45, 2.75) is 0 Å². The zero-order chi connectivity index (χ0) is 19.0. The molecule has 1 aromatic heterocycles. The first kappa shape index (κ1) is 17.3. The van der Waals surface area contributed by atoms with Gasteiger partial charge in [-0.1, -0.05) is 0 Å². The Morgan fingerprint density at radius 3 is 2.08 bits per heavy atom. The summed E-state index contributed by atoms with van der Waals surface area (Å²) >= 11 is 0. The molecule has 3 aromatic rings. The number of phenolic OH excluding ortho intramolecular Hbond substituents is 3. The molecule has 3 N–H and O–H groups in total. The first-order chi connectivity index (χ1) is 12.4. The van der Waals surface area contributed by atoms with E-state index >= 15 is 0 Å². The summed E-state index contributed by atoms with van der Waals surface area (Å²) in [5.41, 5.74) is -0.373. The van der Waals surface area contributed by atoms with Gasteiger partial charge in [-0.3, -0.25) is 4.79 Å². The van der Waals surface area contributed by atoms with Crippen LogP contribution in [0.2, 0.25) is 0 Å². The van der Waals surface area contributed by atoms with Gasteiger partial charge in [0.15, 0.2) is 39.8 Å². The molecule has 136 valence electrons. The van der Waals surface area contributed by atoms with E-state index < -0.39 is 11.2 Å². The zero-order valence-corrected chi connectivity index (χ0v) is 14.2. The molecule has 0 radical (unpaired) electrons. The highest BCUT2D eigenvalue weighted by atomic mass is 16.5. The minimum absolute atomic E-state index is 0.0697. The third kappa shape index (κ3) is 2.52. The molecule has 1 heterocycles. The Morgan fingerprint density at radius 1 is 0.808 bits per heavy atom. The Morgan fingerprint density at radius 2 is 1.46 bits per heavy atom. The van der Waals surface area contributed by atoms with Gasteiger partial charge in [0.05, 0.1) is 26.9 Å². The van der Waals surface area contributed by atoms with Crippen molar-refractivity contribution >= 4 is 11.0 Å². The van der Waals surface area contributed by atoms with Crippen LogP contribution in [0.1, 0.15) is 0 Å². The summed E-state index contributed by atoms with van der Waals surface area (Å²) < 4.78 is 21.1. The summed E-state index contributed by atoms with van der Waals surface area (Å²) in [5.74, 6) is -0.774. The number of methoxy groups -OCH3 is 3. The third-order valence-electron chi connectivity index (χ3n) is 3.88. The Balaban J connectivity index is 2.38. The molecule has 0 atom stereocenters. The largest absolute Gasteiger partial charge is 0.504 e. The fourth-order valence-electron chi connectivity index (χ4n) is 2.76. The van der Waals surface area contributed by atoms with Crippen LogP contribution in [-0.2, 0) is 0 Å². The summed E-state index contributed by atoms with van der Waals surface area (Å²) in [7, 11) is 4.02. The van der Waals surface area contributed by atoms with E-state index in [1.54, 1.807) is 0 Å². The number of phenols is 3. The number of ether oxygens (including phenoxy) is 3. The summed E-state index contributed by atoms with van der Waals surface area (Å²) in [6, 6.07) is 5.02. The molecule has 0 aliphatic carbocycles. The molecule has 26 heavy (non-hydrogen) atoms. The van der Waals surface area contributed by atoms with Crippen LogP contribution in [0.25, 0.3) is 22.3 Å². The predicted octanol–water partition coefficient (Wildman–Crippen LogP) is 2.60. The normalized spacial score (nSPS) is 10.7. The first-order valence-electron chi connectivity index (χ1n) is 7.44. The van der Waals surface area contributed by atoms with Gasteiger partial charge in [-0.15, -0.1) is 0 Å². The topological polar surface area (TPSA) is 119 Å². The molecular formula is C18H16O8. The standard InChI is InChI=1S/C18H16O8/c1-23-15-8(4-5-9(19)18(15)25-3)13-7-10(20)14-16(24-2)11(21)6-12(22)17(14)26-13/h4-7,19,21-22H,1-3H3.